The van der Waals surface area contributed by atoms with Gasteiger partial charge in [-0.05, 0) is 74.0 Å². The highest BCUT2D eigenvalue weighted by Crippen LogP contribution is 2.27. The van der Waals surface area contributed by atoms with Gasteiger partial charge in [0.05, 0.1) is 0 Å². The Balaban J connectivity index is 1.65. The van der Waals surface area contributed by atoms with Crippen molar-refractivity contribution in [3.05, 3.63) is 59.4 Å². The zero-order chi connectivity index (χ0) is 23.8. The summed E-state index contributed by atoms with van der Waals surface area (Å²) in [5, 5.41) is 13.1. The fraction of sp³-hybridized carbons (Fsp3) is 0.519. The zero-order valence-electron chi connectivity index (χ0n) is 19.9. The monoisotopic (exact) mass is 464 g/mol. The minimum Gasteiger partial charge on any atom is -0.396 e. The number of pyridine rings is 1. The predicted octanol–water partition coefficient (Wildman–Crippen LogP) is 3.63. The van der Waals surface area contributed by atoms with Gasteiger partial charge in [-0.2, -0.15) is 0 Å². The first kappa shape index (κ1) is 24.4. The number of rotatable bonds is 3. The number of aliphatic hydroxyl groups excluding tert-OH is 1. The van der Waals surface area contributed by atoms with Crippen molar-refractivity contribution in [2.24, 2.45) is 5.92 Å². The smallest absolute Gasteiger partial charge is 0.258 e. The van der Waals surface area contributed by atoms with Crippen molar-refractivity contribution in [2.45, 2.75) is 51.5 Å². The van der Waals surface area contributed by atoms with E-state index in [1.165, 1.54) is 12.8 Å². The van der Waals surface area contributed by atoms with Crippen LogP contribution < -0.4 is 10.2 Å². The summed E-state index contributed by atoms with van der Waals surface area (Å²) in [5.41, 5.74) is 3.08. The van der Waals surface area contributed by atoms with Gasteiger partial charge in [0.1, 0.15) is 0 Å². The van der Waals surface area contributed by atoms with E-state index in [0.29, 0.717) is 30.8 Å². The Hall–Kier alpha value is -2.77. The van der Waals surface area contributed by atoms with Crippen LogP contribution in [0.3, 0.4) is 0 Å². The molecule has 7 heteroatoms. The maximum absolute atomic E-state index is 13.5. The van der Waals surface area contributed by atoms with Crippen LogP contribution in [0.2, 0.25) is 0 Å². The maximum Gasteiger partial charge on any atom is 0.258 e. The van der Waals surface area contributed by atoms with E-state index in [9.17, 15) is 14.7 Å². The standard InChI is InChI=1S/C27H36N4O3/c32-20-21-7-6-15-30(19-21)26(33)23-8-9-25-24(17-23)18-29-12-4-2-1-3-5-16-31(25)27(34)22-10-13-28-14-11-22/h8-11,13-14,17,21,29,32H,1-7,12,15-16,18-20H2. The molecule has 1 fully saturated rings. The van der Waals surface area contributed by atoms with Crippen molar-refractivity contribution in [3.63, 3.8) is 0 Å². The van der Waals surface area contributed by atoms with Crippen molar-refractivity contribution >= 4 is 17.5 Å². The third kappa shape index (κ3) is 6.02. The van der Waals surface area contributed by atoms with Crippen LogP contribution in [0.15, 0.2) is 42.7 Å². The molecule has 0 saturated carbocycles. The number of amides is 2. The summed E-state index contributed by atoms with van der Waals surface area (Å²) in [7, 11) is 0. The van der Waals surface area contributed by atoms with Gasteiger partial charge in [0, 0.05) is 62.0 Å². The first-order valence-electron chi connectivity index (χ1n) is 12.6. The first-order valence-corrected chi connectivity index (χ1v) is 12.6. The van der Waals surface area contributed by atoms with Crippen molar-refractivity contribution in [2.75, 3.05) is 37.7 Å². The van der Waals surface area contributed by atoms with Gasteiger partial charge in [0.2, 0.25) is 0 Å². The molecule has 182 valence electrons. The second kappa shape index (κ2) is 12.1. The quantitative estimate of drug-likeness (QED) is 0.725. The van der Waals surface area contributed by atoms with Crippen molar-refractivity contribution in [1.29, 1.82) is 0 Å². The number of hydrogen-bond donors (Lipinski definition) is 2. The molecule has 1 aromatic carbocycles. The number of likely N-dealkylation sites (tertiary alicyclic amines) is 1. The fourth-order valence-corrected chi connectivity index (χ4v) is 4.96. The lowest BCUT2D eigenvalue weighted by Gasteiger charge is -2.32. The molecule has 2 N–H and O–H groups in total. The molecule has 1 aromatic heterocycles. The molecule has 1 unspecified atom stereocenters. The summed E-state index contributed by atoms with van der Waals surface area (Å²) < 4.78 is 0. The lowest BCUT2D eigenvalue weighted by atomic mass is 9.97. The average molecular weight is 465 g/mol. The molecule has 1 saturated heterocycles. The summed E-state index contributed by atoms with van der Waals surface area (Å²) in [5.74, 6) is 0.109. The summed E-state index contributed by atoms with van der Waals surface area (Å²) in [4.78, 5) is 34.6. The van der Waals surface area contributed by atoms with Crippen molar-refractivity contribution in [3.8, 4) is 0 Å². The SMILES string of the molecule is O=C(c1ccc2c(c1)CNCCCCCCCN2C(=O)c1ccncc1)N1CCCC(CO)C1. The predicted molar refractivity (Wildman–Crippen MR) is 133 cm³/mol. The number of nitrogens with zero attached hydrogens (tertiary/aromatic N) is 3. The number of fused-ring (bicyclic) bond motifs is 1. The van der Waals surface area contributed by atoms with Crippen LogP contribution in [-0.2, 0) is 6.54 Å². The van der Waals surface area contributed by atoms with E-state index in [4.69, 9.17) is 0 Å². The van der Waals surface area contributed by atoms with Crippen molar-refractivity contribution < 1.29 is 14.7 Å². The minimum absolute atomic E-state index is 0.000855. The Morgan fingerprint density at radius 1 is 0.941 bits per heavy atom. The average Bonchev–Trinajstić information content (AvgIpc) is 2.89. The van der Waals surface area contributed by atoms with E-state index < -0.39 is 0 Å². The number of piperidine rings is 1. The summed E-state index contributed by atoms with van der Waals surface area (Å²) in [6.07, 6.45) is 10.7. The second-order valence-corrected chi connectivity index (χ2v) is 9.42. The highest BCUT2D eigenvalue weighted by atomic mass is 16.3. The number of carbonyl (C=O) groups is 2. The molecule has 0 spiro atoms. The molecule has 34 heavy (non-hydrogen) atoms. The number of benzene rings is 1. The Bertz CT molecular complexity index is 966. The van der Waals surface area contributed by atoms with Crippen molar-refractivity contribution in [1.82, 2.24) is 15.2 Å². The molecule has 2 amide bonds. The molecule has 4 rings (SSSR count). The van der Waals surface area contributed by atoms with E-state index in [1.807, 2.05) is 28.0 Å². The number of aliphatic hydroxyl groups is 1. The van der Waals surface area contributed by atoms with E-state index in [1.54, 1.807) is 24.5 Å². The van der Waals surface area contributed by atoms with E-state index in [0.717, 1.165) is 56.4 Å². The van der Waals surface area contributed by atoms with Gasteiger partial charge >= 0.3 is 0 Å². The molecular weight excluding hydrogens is 428 g/mol. The molecule has 1 atom stereocenters. The van der Waals surface area contributed by atoms with Crippen LogP contribution >= 0.6 is 0 Å². The Labute approximate surface area is 202 Å². The lowest BCUT2D eigenvalue weighted by molar-refractivity contribution is 0.0620. The Morgan fingerprint density at radius 3 is 2.56 bits per heavy atom. The molecule has 0 bridgehead atoms. The van der Waals surface area contributed by atoms with Crippen LogP contribution in [0.5, 0.6) is 0 Å². The third-order valence-electron chi connectivity index (χ3n) is 6.90. The summed E-state index contributed by atoms with van der Waals surface area (Å²) >= 11 is 0. The zero-order valence-corrected chi connectivity index (χ0v) is 19.9. The lowest BCUT2D eigenvalue weighted by Crippen LogP contribution is -2.41. The van der Waals surface area contributed by atoms with E-state index >= 15 is 0 Å². The van der Waals surface area contributed by atoms with Crippen LogP contribution in [0.1, 0.15) is 71.2 Å². The van der Waals surface area contributed by atoms with Crippen LogP contribution in [0.25, 0.3) is 0 Å². The number of aromatic nitrogens is 1. The number of nitrogens with one attached hydrogen (secondary N) is 1. The molecule has 2 aromatic rings. The normalized spacial score (nSPS) is 20.1. The molecule has 2 aliphatic rings. The number of anilines is 1. The number of carbonyl (C=O) groups excluding carboxylic acids is 2. The van der Waals surface area contributed by atoms with Gasteiger partial charge in [0.15, 0.2) is 0 Å². The Kier molecular flexibility index (Phi) is 8.66. The number of hydrogen-bond acceptors (Lipinski definition) is 5. The molecule has 2 aliphatic heterocycles. The van der Waals surface area contributed by atoms with E-state index in [-0.39, 0.29) is 24.3 Å². The minimum atomic E-state index is -0.0402. The van der Waals surface area contributed by atoms with Gasteiger partial charge < -0.3 is 20.2 Å². The van der Waals surface area contributed by atoms with Gasteiger partial charge in [-0.15, -0.1) is 0 Å². The third-order valence-corrected chi connectivity index (χ3v) is 6.90. The molecule has 0 radical (unpaired) electrons. The highest BCUT2D eigenvalue weighted by molar-refractivity contribution is 6.06. The highest BCUT2D eigenvalue weighted by Gasteiger charge is 2.26. The maximum atomic E-state index is 13.5. The van der Waals surface area contributed by atoms with Crippen LogP contribution in [0, 0.1) is 5.92 Å². The fourth-order valence-electron chi connectivity index (χ4n) is 4.96. The van der Waals surface area contributed by atoms with E-state index in [2.05, 4.69) is 10.3 Å². The molecule has 0 aliphatic carbocycles. The van der Waals surface area contributed by atoms with Gasteiger partial charge in [-0.1, -0.05) is 19.3 Å². The van der Waals surface area contributed by atoms with Gasteiger partial charge in [-0.25, -0.2) is 0 Å². The largest absolute Gasteiger partial charge is 0.396 e. The van der Waals surface area contributed by atoms with Gasteiger partial charge in [-0.3, -0.25) is 14.6 Å². The van der Waals surface area contributed by atoms with Gasteiger partial charge in [0.25, 0.3) is 11.8 Å². The molecular formula is C27H36N4O3. The molecule has 7 nitrogen and oxygen atoms in total. The summed E-state index contributed by atoms with van der Waals surface area (Å²) in [6.45, 7) is 3.60. The first-order chi connectivity index (χ1) is 16.7. The molecule has 3 heterocycles. The second-order valence-electron chi connectivity index (χ2n) is 9.42. The topological polar surface area (TPSA) is 85.8 Å². The summed E-state index contributed by atoms with van der Waals surface area (Å²) in [6, 6.07) is 9.24. The van der Waals surface area contributed by atoms with Crippen LogP contribution in [-0.4, -0.2) is 59.6 Å². The van der Waals surface area contributed by atoms with Crippen LogP contribution in [0.4, 0.5) is 5.69 Å². The Morgan fingerprint density at radius 2 is 1.74 bits per heavy atom.